The average Bonchev–Trinajstić information content (AvgIpc) is 2.84. The molecule has 1 aromatic carbocycles. The maximum absolute atomic E-state index is 5.52. The maximum atomic E-state index is 5.52. The van der Waals surface area contributed by atoms with Gasteiger partial charge in [-0.25, -0.2) is 0 Å². The molecule has 1 heterocycles. The van der Waals surface area contributed by atoms with Crippen molar-refractivity contribution in [2.45, 2.75) is 26.3 Å². The molecule has 3 heteroatoms. The monoisotopic (exact) mass is 261 g/mol. The van der Waals surface area contributed by atoms with E-state index in [1.807, 2.05) is 6.92 Å². The molecule has 1 atom stereocenters. The molecule has 0 saturated heterocycles. The van der Waals surface area contributed by atoms with Crippen LogP contribution in [0, 0.1) is 0 Å². The summed E-state index contributed by atoms with van der Waals surface area (Å²) in [5.41, 5.74) is 3.69. The zero-order valence-electron chi connectivity index (χ0n) is 11.9. The van der Waals surface area contributed by atoms with Crippen LogP contribution in [0.25, 0.3) is 0 Å². The van der Waals surface area contributed by atoms with Crippen molar-refractivity contribution in [2.24, 2.45) is 0 Å². The minimum atomic E-state index is 0.333. The van der Waals surface area contributed by atoms with E-state index in [1.165, 1.54) is 11.1 Å². The number of fused-ring (bicyclic) bond motifs is 1. The smallest absolute Gasteiger partial charge is 0.122 e. The molecular weight excluding hydrogens is 238 g/mol. The standard InChI is InChI=1S/C16H23NO2/c1-12(2)11-18-9-7-17-13(3)14-4-5-16-15(10-14)6-8-19-16/h4-5,10,13,17H,1,6-9,11H2,2-3H3. The molecule has 1 aromatic rings. The predicted octanol–water partition coefficient (Wildman–Crippen LogP) is 2.86. The topological polar surface area (TPSA) is 30.5 Å². The highest BCUT2D eigenvalue weighted by atomic mass is 16.5. The van der Waals surface area contributed by atoms with Gasteiger partial charge in [0.25, 0.3) is 0 Å². The molecule has 2 rings (SSSR count). The molecule has 1 N–H and O–H groups in total. The number of rotatable bonds is 7. The normalized spacial score (nSPS) is 14.8. The molecule has 1 aliphatic rings. The van der Waals surface area contributed by atoms with Crippen LogP contribution >= 0.6 is 0 Å². The van der Waals surface area contributed by atoms with Crippen molar-refractivity contribution in [3.8, 4) is 5.75 Å². The Labute approximate surface area is 115 Å². The summed E-state index contributed by atoms with van der Waals surface area (Å²) in [7, 11) is 0. The van der Waals surface area contributed by atoms with E-state index in [2.05, 4.69) is 37.0 Å². The van der Waals surface area contributed by atoms with Crippen LogP contribution in [0.2, 0.25) is 0 Å². The van der Waals surface area contributed by atoms with Gasteiger partial charge < -0.3 is 14.8 Å². The van der Waals surface area contributed by atoms with Crippen LogP contribution in [0.5, 0.6) is 5.75 Å². The molecular formula is C16H23NO2. The van der Waals surface area contributed by atoms with Crippen molar-refractivity contribution in [1.82, 2.24) is 5.32 Å². The molecule has 1 aliphatic heterocycles. The minimum Gasteiger partial charge on any atom is -0.493 e. The lowest BCUT2D eigenvalue weighted by atomic mass is 10.0. The Morgan fingerprint density at radius 2 is 2.37 bits per heavy atom. The highest BCUT2D eigenvalue weighted by molar-refractivity contribution is 5.40. The zero-order valence-corrected chi connectivity index (χ0v) is 11.9. The Kier molecular flexibility index (Phi) is 5.00. The fourth-order valence-electron chi connectivity index (χ4n) is 2.19. The first kappa shape index (κ1) is 14.1. The van der Waals surface area contributed by atoms with Crippen molar-refractivity contribution < 1.29 is 9.47 Å². The molecule has 0 aromatic heterocycles. The highest BCUT2D eigenvalue weighted by Crippen LogP contribution is 2.27. The summed E-state index contributed by atoms with van der Waals surface area (Å²) in [5.74, 6) is 1.04. The molecule has 0 spiro atoms. The van der Waals surface area contributed by atoms with Gasteiger partial charge in [0, 0.05) is 19.0 Å². The van der Waals surface area contributed by atoms with E-state index < -0.39 is 0 Å². The van der Waals surface area contributed by atoms with E-state index >= 15 is 0 Å². The van der Waals surface area contributed by atoms with E-state index in [-0.39, 0.29) is 0 Å². The van der Waals surface area contributed by atoms with Crippen molar-refractivity contribution in [3.63, 3.8) is 0 Å². The summed E-state index contributed by atoms with van der Waals surface area (Å²) >= 11 is 0. The molecule has 0 saturated carbocycles. The van der Waals surface area contributed by atoms with Gasteiger partial charge >= 0.3 is 0 Å². The highest BCUT2D eigenvalue weighted by Gasteiger charge is 2.14. The molecule has 0 fully saturated rings. The van der Waals surface area contributed by atoms with Gasteiger partial charge in [-0.05, 0) is 31.0 Å². The summed E-state index contributed by atoms with van der Waals surface area (Å²) in [6, 6.07) is 6.79. The molecule has 0 radical (unpaired) electrons. The molecule has 19 heavy (non-hydrogen) atoms. The van der Waals surface area contributed by atoms with Gasteiger partial charge in [-0.3, -0.25) is 0 Å². The first-order valence-corrected chi connectivity index (χ1v) is 6.88. The second-order valence-corrected chi connectivity index (χ2v) is 5.15. The van der Waals surface area contributed by atoms with Gasteiger partial charge in [-0.2, -0.15) is 0 Å². The van der Waals surface area contributed by atoms with Crippen molar-refractivity contribution in [1.29, 1.82) is 0 Å². The number of hydrogen-bond donors (Lipinski definition) is 1. The van der Waals surface area contributed by atoms with Gasteiger partial charge in [0.05, 0.1) is 19.8 Å². The Balaban J connectivity index is 1.77. The summed E-state index contributed by atoms with van der Waals surface area (Å²) in [6.07, 6.45) is 1.03. The second-order valence-electron chi connectivity index (χ2n) is 5.15. The van der Waals surface area contributed by atoms with E-state index in [0.29, 0.717) is 19.3 Å². The van der Waals surface area contributed by atoms with Crippen LogP contribution in [0.3, 0.4) is 0 Å². The van der Waals surface area contributed by atoms with Crippen LogP contribution in [0.15, 0.2) is 30.4 Å². The Hall–Kier alpha value is -1.32. The van der Waals surface area contributed by atoms with Gasteiger partial charge in [0.1, 0.15) is 5.75 Å². The third-order valence-electron chi connectivity index (χ3n) is 3.26. The summed E-state index contributed by atoms with van der Waals surface area (Å²) < 4.78 is 11.0. The lowest BCUT2D eigenvalue weighted by Gasteiger charge is -2.15. The summed E-state index contributed by atoms with van der Waals surface area (Å²) in [6.45, 7) is 11.0. The van der Waals surface area contributed by atoms with Crippen LogP contribution in [-0.2, 0) is 11.2 Å². The van der Waals surface area contributed by atoms with Crippen LogP contribution in [-0.4, -0.2) is 26.4 Å². The van der Waals surface area contributed by atoms with Gasteiger partial charge in [0.15, 0.2) is 0 Å². The van der Waals surface area contributed by atoms with E-state index in [9.17, 15) is 0 Å². The average molecular weight is 261 g/mol. The van der Waals surface area contributed by atoms with Crippen LogP contribution in [0.4, 0.5) is 0 Å². The minimum absolute atomic E-state index is 0.333. The van der Waals surface area contributed by atoms with E-state index in [1.54, 1.807) is 0 Å². The van der Waals surface area contributed by atoms with Crippen molar-refractivity contribution in [3.05, 3.63) is 41.5 Å². The van der Waals surface area contributed by atoms with Gasteiger partial charge in [-0.15, -0.1) is 0 Å². The summed E-state index contributed by atoms with van der Waals surface area (Å²) in [4.78, 5) is 0. The fourth-order valence-corrected chi connectivity index (χ4v) is 2.19. The lowest BCUT2D eigenvalue weighted by molar-refractivity contribution is 0.156. The van der Waals surface area contributed by atoms with Gasteiger partial charge in [-0.1, -0.05) is 24.3 Å². The fraction of sp³-hybridized carbons (Fsp3) is 0.500. The molecule has 0 amide bonds. The number of nitrogens with one attached hydrogen (secondary N) is 1. The van der Waals surface area contributed by atoms with E-state index in [0.717, 1.165) is 30.9 Å². The van der Waals surface area contributed by atoms with Crippen LogP contribution < -0.4 is 10.1 Å². The lowest BCUT2D eigenvalue weighted by Crippen LogP contribution is -2.23. The summed E-state index contributed by atoms with van der Waals surface area (Å²) in [5, 5.41) is 3.47. The van der Waals surface area contributed by atoms with Gasteiger partial charge in [0.2, 0.25) is 0 Å². The largest absolute Gasteiger partial charge is 0.493 e. The molecule has 104 valence electrons. The molecule has 0 bridgehead atoms. The Morgan fingerprint density at radius 1 is 1.53 bits per heavy atom. The maximum Gasteiger partial charge on any atom is 0.122 e. The second kappa shape index (κ2) is 6.73. The number of hydrogen-bond acceptors (Lipinski definition) is 3. The Morgan fingerprint density at radius 3 is 3.16 bits per heavy atom. The van der Waals surface area contributed by atoms with Crippen molar-refractivity contribution >= 4 is 0 Å². The quantitative estimate of drug-likeness (QED) is 0.605. The number of ether oxygens (including phenoxy) is 2. The Bertz CT molecular complexity index is 442. The number of benzene rings is 1. The first-order valence-electron chi connectivity index (χ1n) is 6.88. The molecule has 3 nitrogen and oxygen atoms in total. The third kappa shape index (κ3) is 4.08. The van der Waals surface area contributed by atoms with Crippen LogP contribution in [0.1, 0.15) is 31.0 Å². The first-order chi connectivity index (χ1) is 9.16. The predicted molar refractivity (Wildman–Crippen MR) is 77.7 cm³/mol. The molecule has 1 unspecified atom stereocenters. The SMILES string of the molecule is C=C(C)COCCNC(C)c1ccc2c(c1)CCO2. The van der Waals surface area contributed by atoms with Crippen molar-refractivity contribution in [2.75, 3.05) is 26.4 Å². The zero-order chi connectivity index (χ0) is 13.7. The third-order valence-corrected chi connectivity index (χ3v) is 3.26. The van der Waals surface area contributed by atoms with E-state index in [4.69, 9.17) is 9.47 Å². The molecule has 0 aliphatic carbocycles.